The summed E-state index contributed by atoms with van der Waals surface area (Å²) in [5, 5.41) is 0. The molecule has 6 atom stereocenters. The van der Waals surface area contributed by atoms with Crippen molar-refractivity contribution in [2.75, 3.05) is 46.8 Å². The van der Waals surface area contributed by atoms with Gasteiger partial charge in [0.2, 0.25) is 6.54 Å². The molecule has 0 spiro atoms. The lowest BCUT2D eigenvalue weighted by atomic mass is 10.1. The van der Waals surface area contributed by atoms with Gasteiger partial charge >= 0.3 is 5.69 Å². The molecule has 1 N–H and O–H groups in total. The van der Waals surface area contributed by atoms with Crippen molar-refractivity contribution in [3.05, 3.63) is 44.0 Å². The molecule has 222 valence electrons. The van der Waals surface area contributed by atoms with Crippen molar-refractivity contribution >= 4 is 15.7 Å². The number of aryl methyl sites for hydroxylation is 1. The molecule has 1 unspecified atom stereocenters. The van der Waals surface area contributed by atoms with Gasteiger partial charge in [0.05, 0.1) is 13.2 Å². The van der Waals surface area contributed by atoms with Gasteiger partial charge in [-0.3, -0.25) is 14.3 Å². The molecular weight excluding hydrogens is 553 g/mol. The van der Waals surface area contributed by atoms with E-state index in [1.807, 2.05) is 32.4 Å². The van der Waals surface area contributed by atoms with Crippen LogP contribution < -0.4 is 11.2 Å². The Morgan fingerprint density at radius 2 is 1.85 bits per heavy atom. The number of aromatic amines is 1. The van der Waals surface area contributed by atoms with Gasteiger partial charge in [-0.05, 0) is 47.9 Å². The standard InChI is InChI=1S/C24H41FN4O8P2/c1-15(2)29(16(3)4)38(35-11-10-26-6)37-18-19(21(25)39(8,9)32)36-23(20(18)34-13-12-33-7)28-14-17(5)22(30)27-24(28)31/h14-16,18-21,23H,10-13H2,1-5,7-9H3,(H,27,30,31)/t18-,19+,20-,21+,23-,38?/m1/s1. The molecule has 0 amide bonds. The molecule has 0 radical (unpaired) electrons. The highest BCUT2D eigenvalue weighted by molar-refractivity contribution is 7.62. The number of nitrogens with zero attached hydrogens (tertiary/aromatic N) is 3. The van der Waals surface area contributed by atoms with E-state index in [2.05, 4.69) is 9.83 Å². The van der Waals surface area contributed by atoms with E-state index >= 15 is 4.39 Å². The molecule has 15 heteroatoms. The highest BCUT2D eigenvalue weighted by atomic mass is 31.2. The number of alkyl halides is 1. The van der Waals surface area contributed by atoms with E-state index in [0.29, 0.717) is 0 Å². The van der Waals surface area contributed by atoms with Gasteiger partial charge in [0.1, 0.15) is 32.1 Å². The van der Waals surface area contributed by atoms with Gasteiger partial charge < -0.3 is 32.7 Å². The largest absolute Gasteiger partial charge is 0.382 e. The van der Waals surface area contributed by atoms with Crippen LogP contribution in [0.3, 0.4) is 0 Å². The van der Waals surface area contributed by atoms with Crippen molar-refractivity contribution in [2.45, 2.75) is 77.2 Å². The second-order valence-corrected chi connectivity index (χ2v) is 15.0. The second kappa shape index (κ2) is 14.9. The first-order chi connectivity index (χ1) is 18.2. The summed E-state index contributed by atoms with van der Waals surface area (Å²) in [6.07, 6.45) is -3.51. The Kier molecular flexibility index (Phi) is 12.9. The highest BCUT2D eigenvalue weighted by Gasteiger charge is 2.55. The third-order valence-electron chi connectivity index (χ3n) is 5.97. The van der Waals surface area contributed by atoms with Crippen LogP contribution in [-0.2, 0) is 27.8 Å². The zero-order chi connectivity index (χ0) is 29.5. The van der Waals surface area contributed by atoms with Crippen LogP contribution >= 0.6 is 15.7 Å². The Morgan fingerprint density at radius 3 is 2.38 bits per heavy atom. The number of methoxy groups -OCH3 is 1. The fourth-order valence-corrected chi connectivity index (χ4v) is 6.89. The number of halogens is 1. The second-order valence-electron chi connectivity index (χ2n) is 10.2. The zero-order valence-corrected chi connectivity index (χ0v) is 25.6. The normalized spacial score (nSPS) is 23.5. The molecule has 1 aromatic rings. The first kappa shape index (κ1) is 33.7. The van der Waals surface area contributed by atoms with Crippen LogP contribution in [0.2, 0.25) is 0 Å². The third-order valence-corrected chi connectivity index (χ3v) is 9.58. The summed E-state index contributed by atoms with van der Waals surface area (Å²) in [6.45, 7) is 19.5. The minimum absolute atomic E-state index is 0.0393. The Balaban J connectivity index is 2.65. The maximum atomic E-state index is 15.9. The minimum atomic E-state index is -3.36. The molecule has 1 aliphatic heterocycles. The molecule has 0 aliphatic carbocycles. The Morgan fingerprint density at radius 1 is 1.21 bits per heavy atom. The first-order valence-corrected chi connectivity index (χ1v) is 16.5. The molecule has 39 heavy (non-hydrogen) atoms. The van der Waals surface area contributed by atoms with Gasteiger partial charge in [-0.2, -0.15) is 0 Å². The summed E-state index contributed by atoms with van der Waals surface area (Å²) in [6, 6.07) is -0.0786. The van der Waals surface area contributed by atoms with Crippen molar-refractivity contribution in [3.63, 3.8) is 0 Å². The average Bonchev–Trinajstić information content (AvgIpc) is 3.17. The first-order valence-electron chi connectivity index (χ1n) is 12.7. The van der Waals surface area contributed by atoms with Crippen LogP contribution in [0.15, 0.2) is 15.8 Å². The third kappa shape index (κ3) is 8.75. The van der Waals surface area contributed by atoms with Gasteiger partial charge in [0.15, 0.2) is 12.1 Å². The molecular formula is C24H41FN4O8P2. The molecule has 1 aromatic heterocycles. The predicted octanol–water partition coefficient (Wildman–Crippen LogP) is 3.36. The Bertz CT molecular complexity index is 1130. The van der Waals surface area contributed by atoms with Gasteiger partial charge in [-0.25, -0.2) is 20.4 Å². The summed E-state index contributed by atoms with van der Waals surface area (Å²) in [7, 11) is -3.74. The van der Waals surface area contributed by atoms with E-state index in [1.54, 1.807) is 0 Å². The smallest absolute Gasteiger partial charge is 0.330 e. The van der Waals surface area contributed by atoms with Crippen molar-refractivity contribution in [1.82, 2.24) is 14.2 Å². The van der Waals surface area contributed by atoms with E-state index in [-0.39, 0.29) is 44.0 Å². The summed E-state index contributed by atoms with van der Waals surface area (Å²) in [5.41, 5.74) is -1.10. The minimum Gasteiger partial charge on any atom is -0.382 e. The molecule has 0 bridgehead atoms. The van der Waals surface area contributed by atoms with E-state index < -0.39 is 57.4 Å². The van der Waals surface area contributed by atoms with Crippen molar-refractivity contribution in [3.8, 4) is 0 Å². The monoisotopic (exact) mass is 594 g/mol. The van der Waals surface area contributed by atoms with Gasteiger partial charge in [0, 0.05) is 31.0 Å². The van der Waals surface area contributed by atoms with Crippen LogP contribution in [0, 0.1) is 13.5 Å². The zero-order valence-electron chi connectivity index (χ0n) is 23.8. The van der Waals surface area contributed by atoms with Crippen molar-refractivity contribution < 1.29 is 32.2 Å². The number of hydrogen-bond acceptors (Lipinski definition) is 9. The maximum Gasteiger partial charge on any atom is 0.330 e. The molecule has 12 nitrogen and oxygen atoms in total. The van der Waals surface area contributed by atoms with Crippen molar-refractivity contribution in [2.24, 2.45) is 0 Å². The fourth-order valence-electron chi connectivity index (χ4n) is 4.20. The van der Waals surface area contributed by atoms with E-state index in [1.165, 1.54) is 33.6 Å². The van der Waals surface area contributed by atoms with Crippen LogP contribution in [0.1, 0.15) is 39.5 Å². The summed E-state index contributed by atoms with van der Waals surface area (Å²) in [5.74, 6) is -1.95. The maximum absolute atomic E-state index is 15.9. The van der Waals surface area contributed by atoms with Crippen LogP contribution in [0.5, 0.6) is 0 Å². The highest BCUT2D eigenvalue weighted by Crippen LogP contribution is 2.54. The number of H-pyrrole nitrogens is 1. The lowest BCUT2D eigenvalue weighted by Crippen LogP contribution is -2.43. The molecule has 1 fully saturated rings. The SMILES string of the molecule is [C-]#[N+]CCOP(O[C@H]1[C@@H](OCCOC)[C@H](n2cc(C)c(=O)[nH]c2=O)O[C@@H]1[C@@H](F)P(C)(C)=O)N(C(C)C)C(C)C. The summed E-state index contributed by atoms with van der Waals surface area (Å²) >= 11 is 0. The number of rotatable bonds is 15. The van der Waals surface area contributed by atoms with Crippen molar-refractivity contribution in [1.29, 1.82) is 0 Å². The van der Waals surface area contributed by atoms with Crippen LogP contribution in [0.4, 0.5) is 4.39 Å². The molecule has 0 saturated carbocycles. The number of hydrogen-bond donors (Lipinski definition) is 1. The lowest BCUT2D eigenvalue weighted by Gasteiger charge is -2.38. The Hall–Kier alpha value is -1.48. The van der Waals surface area contributed by atoms with Gasteiger partial charge in [-0.1, -0.05) is 0 Å². The quantitative estimate of drug-likeness (QED) is 0.185. The Labute approximate surface area is 230 Å². The fraction of sp³-hybridized carbons (Fsp3) is 0.792. The number of nitrogens with one attached hydrogen (secondary N) is 1. The number of aromatic nitrogens is 2. The molecule has 1 saturated heterocycles. The lowest BCUT2D eigenvalue weighted by molar-refractivity contribution is -0.0807. The van der Waals surface area contributed by atoms with E-state index in [0.717, 1.165) is 4.57 Å². The summed E-state index contributed by atoms with van der Waals surface area (Å²) < 4.78 is 61.6. The van der Waals surface area contributed by atoms with Gasteiger partial charge in [0.25, 0.3) is 14.1 Å². The predicted molar refractivity (Wildman–Crippen MR) is 147 cm³/mol. The van der Waals surface area contributed by atoms with Crippen LogP contribution in [0.25, 0.3) is 4.85 Å². The van der Waals surface area contributed by atoms with E-state index in [9.17, 15) is 14.2 Å². The van der Waals surface area contributed by atoms with Gasteiger partial charge in [-0.15, -0.1) is 0 Å². The topological polar surface area (TPSA) is 126 Å². The molecule has 0 aromatic carbocycles. The molecule has 2 heterocycles. The van der Waals surface area contributed by atoms with Crippen LogP contribution in [-0.4, -0.2) is 97.3 Å². The number of ether oxygens (including phenoxy) is 3. The molecule has 2 rings (SSSR count). The molecule has 1 aliphatic rings. The average molecular weight is 595 g/mol. The van der Waals surface area contributed by atoms with E-state index in [4.69, 9.17) is 29.8 Å². The summed E-state index contributed by atoms with van der Waals surface area (Å²) in [4.78, 5) is 30.4.